The number of nitrogens with zero attached hydrogens (tertiary/aromatic N) is 1. The summed E-state index contributed by atoms with van der Waals surface area (Å²) in [6, 6.07) is 7.82. The number of hydrogen-bond donors (Lipinski definition) is 2. The van der Waals surface area contributed by atoms with Crippen molar-refractivity contribution in [3.8, 4) is 5.75 Å². The number of rotatable bonds is 6. The quantitative estimate of drug-likeness (QED) is 0.788. The van der Waals surface area contributed by atoms with Crippen molar-refractivity contribution in [2.75, 3.05) is 39.5 Å². The Morgan fingerprint density at radius 2 is 2.00 bits per heavy atom. The van der Waals surface area contributed by atoms with Crippen LogP contribution in [0.1, 0.15) is 5.56 Å². The van der Waals surface area contributed by atoms with Crippen LogP contribution in [0.5, 0.6) is 5.75 Å². The SMILES string of the molecule is Cc1ccc(OCC(O)CNN2CCOCC2)cc1. The van der Waals surface area contributed by atoms with Gasteiger partial charge in [0.25, 0.3) is 0 Å². The normalized spacial score (nSPS) is 18.2. The Labute approximate surface area is 114 Å². The molecule has 1 aliphatic rings. The third-order valence-electron chi connectivity index (χ3n) is 3.02. The zero-order valence-electron chi connectivity index (χ0n) is 11.3. The van der Waals surface area contributed by atoms with Crippen LogP contribution < -0.4 is 10.2 Å². The van der Waals surface area contributed by atoms with Crippen LogP contribution in [0.3, 0.4) is 0 Å². The molecule has 0 aliphatic carbocycles. The lowest BCUT2D eigenvalue weighted by Gasteiger charge is -2.28. The largest absolute Gasteiger partial charge is 0.491 e. The summed E-state index contributed by atoms with van der Waals surface area (Å²) in [5.41, 5.74) is 4.39. The van der Waals surface area contributed by atoms with Gasteiger partial charge in [-0.25, -0.2) is 5.01 Å². The summed E-state index contributed by atoms with van der Waals surface area (Å²) >= 11 is 0. The van der Waals surface area contributed by atoms with Crippen molar-refractivity contribution in [2.24, 2.45) is 0 Å². The van der Waals surface area contributed by atoms with E-state index in [-0.39, 0.29) is 0 Å². The first kappa shape index (κ1) is 14.3. The molecule has 1 fully saturated rings. The number of aryl methyl sites for hydroxylation is 1. The van der Waals surface area contributed by atoms with Gasteiger partial charge < -0.3 is 14.6 Å². The van der Waals surface area contributed by atoms with Gasteiger partial charge in [0.1, 0.15) is 18.5 Å². The van der Waals surface area contributed by atoms with E-state index in [1.807, 2.05) is 31.2 Å². The zero-order chi connectivity index (χ0) is 13.5. The molecule has 106 valence electrons. The second-order valence-corrected chi connectivity index (χ2v) is 4.74. The third-order valence-corrected chi connectivity index (χ3v) is 3.02. The molecule has 0 bridgehead atoms. The van der Waals surface area contributed by atoms with Crippen molar-refractivity contribution in [2.45, 2.75) is 13.0 Å². The van der Waals surface area contributed by atoms with Crippen LogP contribution in [-0.4, -0.2) is 55.7 Å². The van der Waals surface area contributed by atoms with E-state index in [0.717, 1.165) is 32.1 Å². The fourth-order valence-corrected chi connectivity index (χ4v) is 1.84. The molecule has 5 heteroatoms. The van der Waals surface area contributed by atoms with E-state index < -0.39 is 6.10 Å². The fraction of sp³-hybridized carbons (Fsp3) is 0.571. The van der Waals surface area contributed by atoms with Crippen molar-refractivity contribution in [1.82, 2.24) is 10.4 Å². The monoisotopic (exact) mass is 266 g/mol. The Morgan fingerprint density at radius 3 is 2.68 bits per heavy atom. The summed E-state index contributed by atoms with van der Waals surface area (Å²) in [4.78, 5) is 0. The molecule has 1 aliphatic heterocycles. The van der Waals surface area contributed by atoms with Gasteiger partial charge in [0.15, 0.2) is 0 Å². The van der Waals surface area contributed by atoms with Crippen LogP contribution in [0, 0.1) is 6.92 Å². The van der Waals surface area contributed by atoms with Gasteiger partial charge in [0.2, 0.25) is 0 Å². The summed E-state index contributed by atoms with van der Waals surface area (Å²) in [5.74, 6) is 0.788. The van der Waals surface area contributed by atoms with Crippen molar-refractivity contribution in [3.05, 3.63) is 29.8 Å². The highest BCUT2D eigenvalue weighted by atomic mass is 16.5. The van der Waals surface area contributed by atoms with E-state index in [4.69, 9.17) is 9.47 Å². The first-order chi connectivity index (χ1) is 9.24. The van der Waals surface area contributed by atoms with Crippen LogP contribution in [0.2, 0.25) is 0 Å². The maximum atomic E-state index is 9.85. The number of aliphatic hydroxyl groups excluding tert-OH is 1. The number of morpholine rings is 1. The van der Waals surface area contributed by atoms with Gasteiger partial charge in [-0.05, 0) is 19.1 Å². The highest BCUT2D eigenvalue weighted by molar-refractivity contribution is 5.26. The Balaban J connectivity index is 1.63. The predicted octanol–water partition coefficient (Wildman–Crippen LogP) is 0.572. The third kappa shape index (κ3) is 5.16. The summed E-state index contributed by atoms with van der Waals surface area (Å²) in [5, 5.41) is 11.9. The predicted molar refractivity (Wildman–Crippen MR) is 73.1 cm³/mol. The fourth-order valence-electron chi connectivity index (χ4n) is 1.84. The molecule has 0 aromatic heterocycles. The Hall–Kier alpha value is -1.14. The molecule has 0 amide bonds. The minimum atomic E-state index is -0.524. The van der Waals surface area contributed by atoms with Gasteiger partial charge in [-0.2, -0.15) is 0 Å². The summed E-state index contributed by atoms with van der Waals surface area (Å²) in [6.07, 6.45) is -0.524. The molecule has 1 heterocycles. The highest BCUT2D eigenvalue weighted by Crippen LogP contribution is 2.11. The minimum Gasteiger partial charge on any atom is -0.491 e. The van der Waals surface area contributed by atoms with Crippen molar-refractivity contribution < 1.29 is 14.6 Å². The molecule has 2 N–H and O–H groups in total. The van der Waals surface area contributed by atoms with Gasteiger partial charge in [0.05, 0.1) is 13.2 Å². The molecule has 5 nitrogen and oxygen atoms in total. The molecule has 0 radical (unpaired) electrons. The smallest absolute Gasteiger partial charge is 0.119 e. The molecule has 1 aromatic rings. The van der Waals surface area contributed by atoms with Gasteiger partial charge >= 0.3 is 0 Å². The lowest BCUT2D eigenvalue weighted by atomic mass is 10.2. The topological polar surface area (TPSA) is 54.0 Å². The van der Waals surface area contributed by atoms with Crippen LogP contribution in [0.4, 0.5) is 0 Å². The van der Waals surface area contributed by atoms with E-state index in [0.29, 0.717) is 13.2 Å². The molecular formula is C14H22N2O3. The van der Waals surface area contributed by atoms with E-state index >= 15 is 0 Å². The van der Waals surface area contributed by atoms with Gasteiger partial charge in [-0.1, -0.05) is 17.7 Å². The average molecular weight is 266 g/mol. The minimum absolute atomic E-state index is 0.292. The number of hydrazine groups is 1. The lowest BCUT2D eigenvalue weighted by Crippen LogP contribution is -2.48. The number of benzene rings is 1. The highest BCUT2D eigenvalue weighted by Gasteiger charge is 2.12. The maximum absolute atomic E-state index is 9.85. The number of ether oxygens (including phenoxy) is 2. The molecule has 1 unspecified atom stereocenters. The molecule has 1 atom stereocenters. The van der Waals surface area contributed by atoms with E-state index in [1.165, 1.54) is 5.56 Å². The molecule has 0 saturated carbocycles. The Bertz CT molecular complexity index is 363. The summed E-state index contributed by atoms with van der Waals surface area (Å²) < 4.78 is 10.8. The van der Waals surface area contributed by atoms with Crippen molar-refractivity contribution in [1.29, 1.82) is 0 Å². The molecular weight excluding hydrogens is 244 g/mol. The molecule has 19 heavy (non-hydrogen) atoms. The summed E-state index contributed by atoms with van der Waals surface area (Å²) in [7, 11) is 0. The summed E-state index contributed by atoms with van der Waals surface area (Å²) in [6.45, 7) is 6.00. The Morgan fingerprint density at radius 1 is 1.32 bits per heavy atom. The lowest BCUT2D eigenvalue weighted by molar-refractivity contribution is -0.000790. The second-order valence-electron chi connectivity index (χ2n) is 4.74. The number of hydrogen-bond acceptors (Lipinski definition) is 5. The van der Waals surface area contributed by atoms with Crippen LogP contribution in [-0.2, 0) is 4.74 Å². The molecule has 1 saturated heterocycles. The number of aliphatic hydroxyl groups is 1. The maximum Gasteiger partial charge on any atom is 0.119 e. The van der Waals surface area contributed by atoms with E-state index in [1.54, 1.807) is 0 Å². The van der Waals surface area contributed by atoms with Crippen LogP contribution >= 0.6 is 0 Å². The van der Waals surface area contributed by atoms with E-state index in [9.17, 15) is 5.11 Å². The van der Waals surface area contributed by atoms with Gasteiger partial charge in [-0.3, -0.25) is 5.43 Å². The van der Waals surface area contributed by atoms with Crippen LogP contribution in [0.25, 0.3) is 0 Å². The first-order valence-electron chi connectivity index (χ1n) is 6.68. The van der Waals surface area contributed by atoms with E-state index in [2.05, 4.69) is 10.4 Å². The second kappa shape index (κ2) is 7.45. The molecule has 1 aromatic carbocycles. The molecule has 2 rings (SSSR count). The molecule has 0 spiro atoms. The number of nitrogens with one attached hydrogen (secondary N) is 1. The van der Waals surface area contributed by atoms with Crippen LogP contribution in [0.15, 0.2) is 24.3 Å². The van der Waals surface area contributed by atoms with Crippen molar-refractivity contribution >= 4 is 0 Å². The average Bonchev–Trinajstić information content (AvgIpc) is 2.45. The first-order valence-corrected chi connectivity index (χ1v) is 6.68. The standard InChI is InChI=1S/C14H22N2O3/c1-12-2-4-14(5-3-12)19-11-13(17)10-15-16-6-8-18-9-7-16/h2-5,13,15,17H,6-11H2,1H3. The zero-order valence-corrected chi connectivity index (χ0v) is 11.3. The van der Waals surface area contributed by atoms with Crippen molar-refractivity contribution in [3.63, 3.8) is 0 Å². The van der Waals surface area contributed by atoms with Gasteiger partial charge in [0, 0.05) is 19.6 Å². The van der Waals surface area contributed by atoms with Gasteiger partial charge in [-0.15, -0.1) is 0 Å². The Kier molecular flexibility index (Phi) is 5.60.